The minimum absolute atomic E-state index is 0.0227. The molecule has 6 nitrogen and oxygen atoms in total. The highest BCUT2D eigenvalue weighted by Crippen LogP contribution is 2.16. The van der Waals surface area contributed by atoms with Gasteiger partial charge in [0, 0.05) is 12.8 Å². The summed E-state index contributed by atoms with van der Waals surface area (Å²) in [6.07, 6.45) is 61.3. The van der Waals surface area contributed by atoms with Gasteiger partial charge in [-0.3, -0.25) is 9.59 Å². The van der Waals surface area contributed by atoms with Gasteiger partial charge in [-0.1, -0.05) is 229 Å². The van der Waals surface area contributed by atoms with E-state index in [1.807, 2.05) is 18.2 Å². The third kappa shape index (κ3) is 43.7. The molecule has 0 aliphatic heterocycles. The van der Waals surface area contributed by atoms with Crippen LogP contribution in [-0.4, -0.2) is 46.9 Å². The maximum Gasteiger partial charge on any atom is 0.306 e. The van der Waals surface area contributed by atoms with E-state index in [0.29, 0.717) is 19.3 Å². The lowest BCUT2D eigenvalue weighted by atomic mass is 10.0. The van der Waals surface area contributed by atoms with Crippen LogP contribution >= 0.6 is 0 Å². The molecule has 0 aliphatic carbocycles. The number of carbonyl (C=O) groups excluding carboxylic acids is 2. The van der Waals surface area contributed by atoms with E-state index >= 15 is 0 Å². The predicted octanol–water partition coefficient (Wildman–Crippen LogP) is 15.4. The fraction of sp³-hybridized carbons (Fsp3) is 0.745. The first-order valence-electron chi connectivity index (χ1n) is 25.7. The van der Waals surface area contributed by atoms with E-state index in [1.54, 1.807) is 0 Å². The Hall–Kier alpha value is -2.70. The highest BCUT2D eigenvalue weighted by Gasteiger charge is 2.23. The Kier molecular flexibility index (Phi) is 46.2. The van der Waals surface area contributed by atoms with E-state index in [9.17, 15) is 19.8 Å². The second kappa shape index (κ2) is 48.3. The van der Waals surface area contributed by atoms with Gasteiger partial charge >= 0.3 is 5.97 Å². The third-order valence-electron chi connectivity index (χ3n) is 11.3. The number of esters is 1. The smallest absolute Gasteiger partial charge is 0.306 e. The van der Waals surface area contributed by atoms with Crippen molar-refractivity contribution in [2.45, 2.75) is 257 Å². The molecule has 0 spiro atoms. The molecule has 0 aromatic rings. The van der Waals surface area contributed by atoms with Gasteiger partial charge < -0.3 is 20.3 Å². The second-order valence-electron chi connectivity index (χ2n) is 17.2. The van der Waals surface area contributed by atoms with Crippen molar-refractivity contribution in [3.05, 3.63) is 72.9 Å². The fourth-order valence-electron chi connectivity index (χ4n) is 7.34. The van der Waals surface area contributed by atoms with E-state index < -0.39 is 18.2 Å². The molecular weight excluding hydrogens is 755 g/mol. The minimum atomic E-state index is -0.821. The van der Waals surface area contributed by atoms with Gasteiger partial charge in [0.05, 0.1) is 25.2 Å². The lowest BCUT2D eigenvalue weighted by Crippen LogP contribution is -2.46. The monoisotopic (exact) mass is 852 g/mol. The number of aliphatic hydroxyl groups excluding tert-OH is 2. The third-order valence-corrected chi connectivity index (χ3v) is 11.3. The summed E-state index contributed by atoms with van der Waals surface area (Å²) >= 11 is 0. The molecule has 3 N–H and O–H groups in total. The van der Waals surface area contributed by atoms with Gasteiger partial charge in [-0.05, 0) is 64.2 Å². The average Bonchev–Trinajstić information content (AvgIpc) is 3.25. The van der Waals surface area contributed by atoms with Crippen LogP contribution in [0.15, 0.2) is 72.9 Å². The molecule has 0 bridgehead atoms. The molecule has 0 rings (SSSR count). The van der Waals surface area contributed by atoms with Crippen LogP contribution in [-0.2, 0) is 14.3 Å². The summed E-state index contributed by atoms with van der Waals surface area (Å²) in [5.74, 6) is -0.658. The molecule has 0 aromatic heterocycles. The molecule has 0 fully saturated rings. The molecule has 6 heteroatoms. The first-order valence-corrected chi connectivity index (χ1v) is 25.7. The Morgan fingerprint density at radius 3 is 1.34 bits per heavy atom. The number of carbonyl (C=O) groups is 2. The molecule has 0 radical (unpaired) electrons. The van der Waals surface area contributed by atoms with Crippen molar-refractivity contribution in [2.75, 3.05) is 6.61 Å². The van der Waals surface area contributed by atoms with Gasteiger partial charge in [0.25, 0.3) is 0 Å². The number of nitrogens with one attached hydrogen (secondary N) is 1. The quantitative estimate of drug-likeness (QED) is 0.0322. The van der Waals surface area contributed by atoms with Crippen molar-refractivity contribution in [1.82, 2.24) is 5.32 Å². The van der Waals surface area contributed by atoms with Crippen LogP contribution in [0.1, 0.15) is 239 Å². The van der Waals surface area contributed by atoms with Gasteiger partial charge in [0.2, 0.25) is 5.91 Å². The Bertz CT molecular complexity index is 1140. The average molecular weight is 852 g/mol. The van der Waals surface area contributed by atoms with Crippen molar-refractivity contribution in [1.29, 1.82) is 0 Å². The minimum Gasteiger partial charge on any atom is -0.461 e. The Balaban J connectivity index is 4.78. The Morgan fingerprint density at radius 2 is 0.869 bits per heavy atom. The highest BCUT2D eigenvalue weighted by molar-refractivity contribution is 5.77. The van der Waals surface area contributed by atoms with Crippen LogP contribution in [0.5, 0.6) is 0 Å². The molecule has 0 heterocycles. The second-order valence-corrected chi connectivity index (χ2v) is 17.2. The van der Waals surface area contributed by atoms with E-state index in [0.717, 1.165) is 51.4 Å². The molecular formula is C55H97NO5. The van der Waals surface area contributed by atoms with Gasteiger partial charge in [-0.25, -0.2) is 0 Å². The first-order chi connectivity index (χ1) is 30.0. The number of amides is 1. The Labute approximate surface area is 377 Å². The largest absolute Gasteiger partial charge is 0.461 e. The van der Waals surface area contributed by atoms with Crippen molar-refractivity contribution < 1.29 is 24.5 Å². The molecule has 1 amide bonds. The van der Waals surface area contributed by atoms with Crippen LogP contribution in [0.3, 0.4) is 0 Å². The molecule has 3 unspecified atom stereocenters. The normalized spacial score (nSPS) is 13.9. The fourth-order valence-corrected chi connectivity index (χ4v) is 7.34. The molecule has 352 valence electrons. The zero-order chi connectivity index (χ0) is 44.5. The topological polar surface area (TPSA) is 95.9 Å². The molecule has 0 saturated heterocycles. The summed E-state index contributed by atoms with van der Waals surface area (Å²) < 4.78 is 5.82. The lowest BCUT2D eigenvalue weighted by molar-refractivity contribution is -0.150. The van der Waals surface area contributed by atoms with E-state index in [4.69, 9.17) is 4.74 Å². The van der Waals surface area contributed by atoms with E-state index in [1.165, 1.54) is 135 Å². The summed E-state index contributed by atoms with van der Waals surface area (Å²) in [5, 5.41) is 23.7. The summed E-state index contributed by atoms with van der Waals surface area (Å²) in [6.45, 7) is 6.40. The molecule has 61 heavy (non-hydrogen) atoms. The lowest BCUT2D eigenvalue weighted by Gasteiger charge is -2.24. The molecule has 0 aromatic carbocycles. The first kappa shape index (κ1) is 58.3. The summed E-state index contributed by atoms with van der Waals surface area (Å²) in [7, 11) is 0. The van der Waals surface area contributed by atoms with Gasteiger partial charge in [0.1, 0.15) is 6.10 Å². The van der Waals surface area contributed by atoms with Gasteiger partial charge in [-0.15, -0.1) is 0 Å². The number of rotatable bonds is 45. The van der Waals surface area contributed by atoms with Gasteiger partial charge in [-0.2, -0.15) is 0 Å². The van der Waals surface area contributed by atoms with Crippen molar-refractivity contribution in [3.63, 3.8) is 0 Å². The van der Waals surface area contributed by atoms with E-state index in [-0.39, 0.29) is 31.3 Å². The van der Waals surface area contributed by atoms with E-state index in [2.05, 4.69) is 80.8 Å². The van der Waals surface area contributed by atoms with Crippen molar-refractivity contribution in [2.24, 2.45) is 0 Å². The maximum absolute atomic E-state index is 13.2. The number of aliphatic hydroxyl groups is 2. The maximum atomic E-state index is 13.2. The molecule has 0 aliphatic rings. The SMILES string of the molecule is CCCCC/C=C\C/C=C\C/C=C\C/C=C\CC(CC(=O)NC(CO)C(O)CCCCCCCCCCCCCCCC)OC(=O)CC/C=C/C/C=C\CCCCCCCC. The highest BCUT2D eigenvalue weighted by atomic mass is 16.5. The number of unbranched alkanes of at least 4 members (excludes halogenated alkanes) is 22. The molecule has 3 atom stereocenters. The van der Waals surface area contributed by atoms with Gasteiger partial charge in [0.15, 0.2) is 0 Å². The predicted molar refractivity (Wildman–Crippen MR) is 264 cm³/mol. The van der Waals surface area contributed by atoms with Crippen molar-refractivity contribution in [3.8, 4) is 0 Å². The van der Waals surface area contributed by atoms with Crippen LogP contribution in [0.2, 0.25) is 0 Å². The standard InChI is InChI=1S/C55H97NO5/c1-4-7-10-13-16-19-22-25-27-29-31-34-37-40-43-46-51(61-55(60)48-45-42-39-36-33-28-24-21-18-15-12-9-6-3)49-54(59)56-52(50-57)53(58)47-44-41-38-35-32-30-26-23-20-17-14-11-8-5-2/h16,19,25,27-28,31,33-34,39-40,42-43,51-53,57-58H,4-15,17-18,20-24,26,29-30,32,35-38,41,44-50H2,1-3H3,(H,56,59)/b19-16-,27-25-,33-28-,34-31-,42-39+,43-40-. The van der Waals surface area contributed by atoms with Crippen LogP contribution in [0.4, 0.5) is 0 Å². The van der Waals surface area contributed by atoms with Crippen LogP contribution in [0.25, 0.3) is 0 Å². The van der Waals surface area contributed by atoms with Crippen LogP contribution in [0, 0.1) is 0 Å². The Morgan fingerprint density at radius 1 is 0.492 bits per heavy atom. The molecule has 0 saturated carbocycles. The zero-order valence-corrected chi connectivity index (χ0v) is 40.0. The number of hydrogen-bond acceptors (Lipinski definition) is 5. The number of ether oxygens (including phenoxy) is 1. The van der Waals surface area contributed by atoms with Crippen molar-refractivity contribution >= 4 is 11.9 Å². The number of allylic oxidation sites excluding steroid dienone is 11. The van der Waals surface area contributed by atoms with Crippen LogP contribution < -0.4 is 5.32 Å². The summed E-state index contributed by atoms with van der Waals surface area (Å²) in [6, 6.07) is -0.743. The zero-order valence-electron chi connectivity index (χ0n) is 40.0. The summed E-state index contributed by atoms with van der Waals surface area (Å²) in [4.78, 5) is 26.0. The summed E-state index contributed by atoms with van der Waals surface area (Å²) in [5.41, 5.74) is 0. The number of hydrogen-bond donors (Lipinski definition) is 3.